The van der Waals surface area contributed by atoms with Crippen LogP contribution >= 0.6 is 0 Å². The molecule has 0 fully saturated rings. The molecule has 0 spiro atoms. The molecular formula is C27H18N4O2. The standard InChI is InChI=1S/C27H18N4O2/c1-5-13-21(14-6-1)31(22-15-7-2-8-16-22)25-28-26(32-23-17-9-3-10-18-23)30-27(29-25)33-24-19-11-4-12-20-24/h1-11,13-19H. The van der Waals surface area contributed by atoms with Gasteiger partial charge in [0.05, 0.1) is 0 Å². The summed E-state index contributed by atoms with van der Waals surface area (Å²) in [5.74, 6) is 1.39. The summed E-state index contributed by atoms with van der Waals surface area (Å²) in [6, 6.07) is 40.2. The van der Waals surface area contributed by atoms with Gasteiger partial charge < -0.3 is 9.47 Å². The quantitative estimate of drug-likeness (QED) is 0.293. The Morgan fingerprint density at radius 3 is 1.73 bits per heavy atom. The number of aromatic nitrogens is 3. The summed E-state index contributed by atoms with van der Waals surface area (Å²) in [5.41, 5.74) is 1.76. The van der Waals surface area contributed by atoms with Gasteiger partial charge in [0.15, 0.2) is 5.75 Å². The van der Waals surface area contributed by atoms with Crippen LogP contribution in [0.2, 0.25) is 0 Å². The zero-order valence-electron chi connectivity index (χ0n) is 17.5. The number of hydrogen-bond donors (Lipinski definition) is 0. The van der Waals surface area contributed by atoms with Crippen molar-refractivity contribution in [2.24, 2.45) is 0 Å². The van der Waals surface area contributed by atoms with Crippen LogP contribution in [0.4, 0.5) is 17.3 Å². The molecule has 6 heteroatoms. The first-order chi connectivity index (χ1) is 16.3. The van der Waals surface area contributed by atoms with E-state index in [-0.39, 0.29) is 12.0 Å². The van der Waals surface area contributed by atoms with Gasteiger partial charge in [0.1, 0.15) is 5.75 Å². The van der Waals surface area contributed by atoms with Crippen molar-refractivity contribution in [1.82, 2.24) is 15.0 Å². The third-order valence-corrected chi connectivity index (χ3v) is 4.59. The summed E-state index contributed by atoms with van der Waals surface area (Å²) < 4.78 is 11.8. The predicted octanol–water partition coefficient (Wildman–Crippen LogP) is 6.53. The summed E-state index contributed by atoms with van der Waals surface area (Å²) in [6.45, 7) is 0. The van der Waals surface area contributed by atoms with Crippen molar-refractivity contribution in [2.75, 3.05) is 4.90 Å². The van der Waals surface area contributed by atoms with Crippen LogP contribution in [0.3, 0.4) is 0 Å². The van der Waals surface area contributed by atoms with E-state index in [0.29, 0.717) is 17.4 Å². The molecule has 1 heterocycles. The molecule has 158 valence electrons. The number of benzene rings is 3. The van der Waals surface area contributed by atoms with Crippen LogP contribution in [0.25, 0.3) is 0 Å². The summed E-state index contributed by atoms with van der Waals surface area (Å²) >= 11 is 0. The molecule has 4 aromatic carbocycles. The first-order valence-corrected chi connectivity index (χ1v) is 10.3. The van der Waals surface area contributed by atoms with Crippen molar-refractivity contribution in [3.8, 4) is 23.5 Å². The van der Waals surface area contributed by atoms with Gasteiger partial charge in [-0.2, -0.15) is 9.97 Å². The lowest BCUT2D eigenvalue weighted by Crippen LogP contribution is -2.14. The van der Waals surface area contributed by atoms with E-state index in [0.717, 1.165) is 11.4 Å². The maximum atomic E-state index is 5.93. The molecule has 0 radical (unpaired) electrons. The number of para-hydroxylation sites is 3. The van der Waals surface area contributed by atoms with Crippen molar-refractivity contribution in [3.05, 3.63) is 121 Å². The minimum atomic E-state index is 0.0821. The van der Waals surface area contributed by atoms with Crippen LogP contribution in [0.5, 0.6) is 23.5 Å². The smallest absolute Gasteiger partial charge is 0.330 e. The van der Waals surface area contributed by atoms with Gasteiger partial charge in [-0.05, 0) is 60.7 Å². The van der Waals surface area contributed by atoms with Crippen molar-refractivity contribution < 1.29 is 9.47 Å². The van der Waals surface area contributed by atoms with E-state index in [9.17, 15) is 0 Å². The molecule has 0 aliphatic heterocycles. The number of nitrogens with zero attached hydrogens (tertiary/aromatic N) is 4. The SMILES string of the molecule is c1cccc(Oc2nc(Oc3ccccc3)nc(N(c3ccccc3)c3ccccc3)n2)c#1. The van der Waals surface area contributed by atoms with E-state index in [1.807, 2.05) is 95.9 Å². The van der Waals surface area contributed by atoms with Crippen LogP contribution in [0, 0.1) is 12.1 Å². The van der Waals surface area contributed by atoms with Gasteiger partial charge in [0.25, 0.3) is 0 Å². The van der Waals surface area contributed by atoms with Crippen molar-refractivity contribution in [2.45, 2.75) is 0 Å². The van der Waals surface area contributed by atoms with E-state index in [1.165, 1.54) is 0 Å². The topological polar surface area (TPSA) is 60.4 Å². The van der Waals surface area contributed by atoms with Crippen LogP contribution < -0.4 is 14.4 Å². The monoisotopic (exact) mass is 430 g/mol. The fraction of sp³-hybridized carbons (Fsp3) is 0. The summed E-state index contributed by atoms with van der Waals surface area (Å²) in [4.78, 5) is 15.5. The fourth-order valence-electron chi connectivity index (χ4n) is 3.14. The average Bonchev–Trinajstić information content (AvgIpc) is 2.87. The summed E-state index contributed by atoms with van der Waals surface area (Å²) in [6.07, 6.45) is 0. The maximum absolute atomic E-state index is 5.93. The second-order valence-electron chi connectivity index (χ2n) is 6.88. The van der Waals surface area contributed by atoms with Gasteiger partial charge in [0.2, 0.25) is 5.95 Å². The molecule has 0 amide bonds. The maximum Gasteiger partial charge on any atom is 0.330 e. The average molecular weight is 430 g/mol. The predicted molar refractivity (Wildman–Crippen MR) is 125 cm³/mol. The Kier molecular flexibility index (Phi) is 5.77. The van der Waals surface area contributed by atoms with Crippen LogP contribution in [-0.2, 0) is 0 Å². The first-order valence-electron chi connectivity index (χ1n) is 10.3. The van der Waals surface area contributed by atoms with Gasteiger partial charge in [-0.15, -0.1) is 4.98 Å². The van der Waals surface area contributed by atoms with Crippen LogP contribution in [-0.4, -0.2) is 15.0 Å². The fourth-order valence-corrected chi connectivity index (χ4v) is 3.14. The molecular weight excluding hydrogens is 412 g/mol. The van der Waals surface area contributed by atoms with E-state index < -0.39 is 0 Å². The highest BCUT2D eigenvalue weighted by Gasteiger charge is 2.19. The van der Waals surface area contributed by atoms with E-state index in [4.69, 9.17) is 9.47 Å². The molecule has 0 bridgehead atoms. The lowest BCUT2D eigenvalue weighted by molar-refractivity contribution is 0.398. The molecule has 0 saturated carbocycles. The second-order valence-corrected chi connectivity index (χ2v) is 6.88. The largest absolute Gasteiger partial charge is 0.424 e. The van der Waals surface area contributed by atoms with Gasteiger partial charge in [-0.3, -0.25) is 4.90 Å². The molecule has 0 aliphatic carbocycles. The Balaban J connectivity index is 1.62. The van der Waals surface area contributed by atoms with Crippen molar-refractivity contribution in [3.63, 3.8) is 0 Å². The second kappa shape index (κ2) is 9.50. The van der Waals surface area contributed by atoms with E-state index in [2.05, 4.69) is 27.1 Å². The van der Waals surface area contributed by atoms with E-state index in [1.54, 1.807) is 18.2 Å². The lowest BCUT2D eigenvalue weighted by atomic mass is 10.2. The van der Waals surface area contributed by atoms with Gasteiger partial charge >= 0.3 is 12.0 Å². The Morgan fingerprint density at radius 2 is 1.15 bits per heavy atom. The van der Waals surface area contributed by atoms with Gasteiger partial charge in [-0.25, -0.2) is 0 Å². The summed E-state index contributed by atoms with van der Waals surface area (Å²) in [7, 11) is 0. The number of anilines is 3. The Morgan fingerprint density at radius 1 is 0.576 bits per heavy atom. The van der Waals surface area contributed by atoms with Crippen molar-refractivity contribution >= 4 is 17.3 Å². The van der Waals surface area contributed by atoms with Gasteiger partial charge in [-0.1, -0.05) is 60.7 Å². The third kappa shape index (κ3) is 4.89. The number of rotatable bonds is 7. The molecule has 6 nitrogen and oxygen atoms in total. The molecule has 33 heavy (non-hydrogen) atoms. The molecule has 0 atom stereocenters. The zero-order valence-corrected chi connectivity index (χ0v) is 17.5. The van der Waals surface area contributed by atoms with Crippen molar-refractivity contribution in [1.29, 1.82) is 0 Å². The first kappa shape index (κ1) is 20.0. The molecule has 0 unspecified atom stereocenters. The third-order valence-electron chi connectivity index (χ3n) is 4.59. The van der Waals surface area contributed by atoms with Crippen LogP contribution in [0.15, 0.2) is 109 Å². The highest BCUT2D eigenvalue weighted by Crippen LogP contribution is 2.34. The number of ether oxygens (including phenoxy) is 2. The normalized spacial score (nSPS) is 10.2. The Bertz CT molecular complexity index is 1200. The highest BCUT2D eigenvalue weighted by atomic mass is 16.5. The Hall–Kier alpha value is -4.89. The minimum Gasteiger partial charge on any atom is -0.424 e. The molecule has 0 saturated heterocycles. The Labute approximate surface area is 191 Å². The number of hydrogen-bond acceptors (Lipinski definition) is 6. The molecule has 0 aliphatic rings. The lowest BCUT2D eigenvalue weighted by Gasteiger charge is -2.23. The zero-order chi connectivity index (χ0) is 22.3. The van der Waals surface area contributed by atoms with E-state index >= 15 is 0 Å². The minimum absolute atomic E-state index is 0.0821. The molecule has 5 rings (SSSR count). The molecule has 1 aromatic heterocycles. The highest BCUT2D eigenvalue weighted by molar-refractivity contribution is 5.72. The van der Waals surface area contributed by atoms with Crippen LogP contribution in [0.1, 0.15) is 0 Å². The summed E-state index contributed by atoms with van der Waals surface area (Å²) in [5, 5.41) is 0. The molecule has 5 aromatic rings. The molecule has 0 N–H and O–H groups in total. The van der Waals surface area contributed by atoms with Gasteiger partial charge in [0, 0.05) is 11.4 Å².